The molecule has 0 aliphatic carbocycles. The normalized spacial score (nSPS) is 18.6. The van der Waals surface area contributed by atoms with Crippen LogP contribution in [0.4, 0.5) is 0 Å². The van der Waals surface area contributed by atoms with Gasteiger partial charge in [-0.2, -0.15) is 5.10 Å². The summed E-state index contributed by atoms with van der Waals surface area (Å²) in [5.41, 5.74) is 1.31. The monoisotopic (exact) mass is 318 g/mol. The van der Waals surface area contributed by atoms with E-state index in [1.807, 2.05) is 18.2 Å². The van der Waals surface area contributed by atoms with Crippen LogP contribution in [0.3, 0.4) is 0 Å². The van der Waals surface area contributed by atoms with E-state index >= 15 is 0 Å². The van der Waals surface area contributed by atoms with E-state index in [0.717, 1.165) is 17.8 Å². The van der Waals surface area contributed by atoms with Crippen molar-refractivity contribution >= 4 is 34.5 Å². The summed E-state index contributed by atoms with van der Waals surface area (Å²) in [6, 6.07) is 5.47. The maximum Gasteiger partial charge on any atom is 0.332 e. The molecular formula is C14H14N4O3S. The Morgan fingerprint density at radius 2 is 2.32 bits per heavy atom. The minimum atomic E-state index is -0.561. The molecule has 1 aromatic rings. The zero-order chi connectivity index (χ0) is 15.9. The molecule has 2 heterocycles. The number of esters is 1. The van der Waals surface area contributed by atoms with Crippen molar-refractivity contribution in [3.63, 3.8) is 0 Å². The molecule has 0 unspecified atom stereocenters. The van der Waals surface area contributed by atoms with Gasteiger partial charge in [-0.15, -0.1) is 5.10 Å². The third-order valence-electron chi connectivity index (χ3n) is 2.51. The highest BCUT2D eigenvalue weighted by Gasteiger charge is 2.25. The highest BCUT2D eigenvalue weighted by molar-refractivity contribution is 8.18. The zero-order valence-electron chi connectivity index (χ0n) is 12.1. The molecule has 0 aromatic carbocycles. The summed E-state index contributed by atoms with van der Waals surface area (Å²) in [4.78, 5) is 27.4. The predicted octanol–water partition coefficient (Wildman–Crippen LogP) is 1.47. The van der Waals surface area contributed by atoms with Crippen LogP contribution in [0.25, 0.3) is 0 Å². The lowest BCUT2D eigenvalue weighted by atomic mass is 10.3. The van der Waals surface area contributed by atoms with Crippen molar-refractivity contribution in [1.29, 1.82) is 0 Å². The lowest BCUT2D eigenvalue weighted by molar-refractivity contribution is -0.137. The number of nitrogens with zero attached hydrogens (tertiary/aromatic N) is 3. The molecule has 8 heteroatoms. The maximum atomic E-state index is 11.7. The van der Waals surface area contributed by atoms with E-state index in [4.69, 9.17) is 4.74 Å². The van der Waals surface area contributed by atoms with Gasteiger partial charge in [-0.25, -0.2) is 4.79 Å². The first-order valence-electron chi connectivity index (χ1n) is 6.51. The number of carbonyl (C=O) groups excluding carboxylic acids is 2. The van der Waals surface area contributed by atoms with E-state index in [-0.39, 0.29) is 11.5 Å². The molecule has 1 N–H and O–H groups in total. The number of nitrogens with one attached hydrogen (secondary N) is 1. The smallest absolute Gasteiger partial charge is 0.332 e. The molecule has 1 aliphatic rings. The Bertz CT molecular complexity index is 668. The van der Waals surface area contributed by atoms with Gasteiger partial charge < -0.3 is 4.74 Å². The summed E-state index contributed by atoms with van der Waals surface area (Å²) >= 11 is 1.03. The zero-order valence-corrected chi connectivity index (χ0v) is 12.9. The van der Waals surface area contributed by atoms with Gasteiger partial charge in [0.25, 0.3) is 5.91 Å². The molecule has 0 atom stereocenters. The standard InChI is InChI=1S/C14H14N4O3S/c1-3-21-12(19)8-11-13(20)16-14(22-11)18-17-9(2)10-6-4-5-7-15-10/h4-8H,3H2,1-2H3,(H,16,18,20)/b11-8+,17-9+. The van der Waals surface area contributed by atoms with Gasteiger partial charge in [0, 0.05) is 12.3 Å². The number of hydrogen-bond acceptors (Lipinski definition) is 7. The molecule has 7 nitrogen and oxygen atoms in total. The molecule has 0 radical (unpaired) electrons. The fraction of sp³-hybridized carbons (Fsp3) is 0.214. The molecule has 1 fully saturated rings. The van der Waals surface area contributed by atoms with E-state index < -0.39 is 11.9 Å². The van der Waals surface area contributed by atoms with Crippen molar-refractivity contribution < 1.29 is 14.3 Å². The van der Waals surface area contributed by atoms with E-state index in [9.17, 15) is 9.59 Å². The van der Waals surface area contributed by atoms with Crippen molar-refractivity contribution in [3.05, 3.63) is 41.1 Å². The second-order valence-electron chi connectivity index (χ2n) is 4.12. The van der Waals surface area contributed by atoms with Gasteiger partial charge in [-0.1, -0.05) is 6.07 Å². The third-order valence-corrected chi connectivity index (χ3v) is 3.41. The second kappa shape index (κ2) is 7.51. The van der Waals surface area contributed by atoms with Gasteiger partial charge >= 0.3 is 5.97 Å². The number of carbonyl (C=O) groups is 2. The van der Waals surface area contributed by atoms with Crippen LogP contribution in [-0.4, -0.2) is 34.3 Å². The summed E-state index contributed by atoms with van der Waals surface area (Å²) in [7, 11) is 0. The van der Waals surface area contributed by atoms with Crippen LogP contribution in [0.5, 0.6) is 0 Å². The van der Waals surface area contributed by atoms with Crippen molar-refractivity contribution in [2.75, 3.05) is 6.61 Å². The van der Waals surface area contributed by atoms with E-state index in [0.29, 0.717) is 16.6 Å². The van der Waals surface area contributed by atoms with Crippen LogP contribution < -0.4 is 5.32 Å². The Hall–Kier alpha value is -2.48. The van der Waals surface area contributed by atoms with Gasteiger partial charge in [0.05, 0.1) is 22.9 Å². The molecule has 1 aliphatic heterocycles. The molecule has 2 rings (SSSR count). The lowest BCUT2D eigenvalue weighted by Crippen LogP contribution is -2.19. The molecule has 1 amide bonds. The van der Waals surface area contributed by atoms with Gasteiger partial charge in [-0.3, -0.25) is 15.1 Å². The molecule has 22 heavy (non-hydrogen) atoms. The first-order valence-corrected chi connectivity index (χ1v) is 7.33. The van der Waals surface area contributed by atoms with Crippen molar-refractivity contribution in [1.82, 2.24) is 10.3 Å². The molecular weight excluding hydrogens is 304 g/mol. The maximum absolute atomic E-state index is 11.7. The Kier molecular flexibility index (Phi) is 5.42. The summed E-state index contributed by atoms with van der Waals surface area (Å²) in [6.45, 7) is 3.72. The number of pyridine rings is 1. The van der Waals surface area contributed by atoms with Gasteiger partial charge in [-0.05, 0) is 37.7 Å². The largest absolute Gasteiger partial charge is 0.463 e. The minimum Gasteiger partial charge on any atom is -0.463 e. The van der Waals surface area contributed by atoms with Gasteiger partial charge in [0.2, 0.25) is 0 Å². The number of hydrogen-bond donors (Lipinski definition) is 1. The van der Waals surface area contributed by atoms with Crippen molar-refractivity contribution in [2.45, 2.75) is 13.8 Å². The van der Waals surface area contributed by atoms with Crippen LogP contribution in [0, 0.1) is 0 Å². The highest BCUT2D eigenvalue weighted by atomic mass is 32.2. The number of rotatable bonds is 4. The topological polar surface area (TPSA) is 93.0 Å². The lowest BCUT2D eigenvalue weighted by Gasteiger charge is -1.96. The summed E-state index contributed by atoms with van der Waals surface area (Å²) in [6.07, 6.45) is 2.80. The SMILES string of the molecule is CCOC(=O)/C=C1/S/C(=N\N=C(/C)c2ccccn2)NC1=O. The highest BCUT2D eigenvalue weighted by Crippen LogP contribution is 2.23. The predicted molar refractivity (Wildman–Crippen MR) is 84.3 cm³/mol. The molecule has 0 saturated carbocycles. The minimum absolute atomic E-state index is 0.225. The van der Waals surface area contributed by atoms with Crippen LogP contribution in [-0.2, 0) is 14.3 Å². The fourth-order valence-electron chi connectivity index (χ4n) is 1.51. The Labute approximate surface area is 131 Å². The van der Waals surface area contributed by atoms with Crippen LogP contribution in [0.1, 0.15) is 19.5 Å². The Morgan fingerprint density at radius 3 is 3.00 bits per heavy atom. The fourth-order valence-corrected chi connectivity index (χ4v) is 2.25. The van der Waals surface area contributed by atoms with E-state index in [2.05, 4.69) is 20.5 Å². The Balaban J connectivity index is 2.09. The molecule has 0 bridgehead atoms. The van der Waals surface area contributed by atoms with E-state index in [1.54, 1.807) is 20.0 Å². The quantitative estimate of drug-likeness (QED) is 0.393. The Morgan fingerprint density at radius 1 is 1.50 bits per heavy atom. The average Bonchev–Trinajstić information content (AvgIpc) is 2.86. The molecule has 1 saturated heterocycles. The van der Waals surface area contributed by atoms with Crippen LogP contribution in [0.2, 0.25) is 0 Å². The number of thioether (sulfide) groups is 1. The first-order chi connectivity index (χ1) is 10.6. The van der Waals surface area contributed by atoms with E-state index in [1.165, 1.54) is 0 Å². The number of aromatic nitrogens is 1. The first kappa shape index (κ1) is 15.9. The summed E-state index contributed by atoms with van der Waals surface area (Å²) in [5.74, 6) is -0.961. The summed E-state index contributed by atoms with van der Waals surface area (Å²) < 4.78 is 4.76. The van der Waals surface area contributed by atoms with Gasteiger partial charge in [0.1, 0.15) is 0 Å². The molecule has 1 aromatic heterocycles. The summed E-state index contributed by atoms with van der Waals surface area (Å²) in [5, 5.41) is 10.8. The number of ether oxygens (including phenoxy) is 1. The second-order valence-corrected chi connectivity index (χ2v) is 5.15. The number of amides is 1. The van der Waals surface area contributed by atoms with Gasteiger partial charge in [0.15, 0.2) is 5.17 Å². The number of amidine groups is 1. The van der Waals surface area contributed by atoms with Crippen LogP contribution in [0.15, 0.2) is 45.6 Å². The third kappa shape index (κ3) is 4.26. The van der Waals surface area contributed by atoms with Crippen molar-refractivity contribution in [3.8, 4) is 0 Å². The van der Waals surface area contributed by atoms with Crippen LogP contribution >= 0.6 is 11.8 Å². The average molecular weight is 318 g/mol. The molecule has 0 spiro atoms. The molecule has 114 valence electrons. The van der Waals surface area contributed by atoms with Crippen molar-refractivity contribution in [2.24, 2.45) is 10.2 Å².